The highest BCUT2D eigenvalue weighted by atomic mass is 31.2. The van der Waals surface area contributed by atoms with Crippen molar-refractivity contribution in [3.05, 3.63) is 35.4 Å². The predicted molar refractivity (Wildman–Crippen MR) is 63.8 cm³/mol. The normalized spacial score (nSPS) is 24.3. The van der Waals surface area contributed by atoms with Gasteiger partial charge in [-0.2, -0.15) is 4.52 Å². The van der Waals surface area contributed by atoms with Crippen molar-refractivity contribution >= 4 is 36.3 Å². The molecule has 1 unspecified atom stereocenters. The van der Waals surface area contributed by atoms with Gasteiger partial charge in [-0.25, -0.2) is 9.03 Å². The monoisotopic (exact) mass is 237 g/mol. The quantitative estimate of drug-likeness (QED) is 0.622. The van der Waals surface area contributed by atoms with Gasteiger partial charge in [0, 0.05) is 5.31 Å². The Bertz CT molecular complexity index is 516. The van der Waals surface area contributed by atoms with Crippen molar-refractivity contribution in [2.24, 2.45) is 13.5 Å². The van der Waals surface area contributed by atoms with Crippen molar-refractivity contribution < 1.29 is 0 Å². The largest absolute Gasteiger partial charge is 0.203 e. The Labute approximate surface area is 85.7 Å². The molecular weight excluding hydrogens is 231 g/mol. The molecule has 1 aliphatic carbocycles. The van der Waals surface area contributed by atoms with Crippen molar-refractivity contribution in [2.75, 3.05) is 0 Å². The minimum atomic E-state index is -1.01. The molecule has 3 nitrogen and oxygen atoms in total. The Balaban J connectivity index is 2.02. The fourth-order valence-electron chi connectivity index (χ4n) is 1.48. The zero-order valence-corrected chi connectivity index (χ0v) is 9.91. The molecule has 0 saturated heterocycles. The molecule has 1 aromatic carbocycles. The summed E-state index contributed by atoms with van der Waals surface area (Å²) in [5.41, 5.74) is 2.66. The molecule has 1 heterocycles. The molecule has 0 bridgehead atoms. The maximum atomic E-state index is 4.42. The smallest absolute Gasteiger partial charge is 0.160 e. The maximum Gasteiger partial charge on any atom is 0.160 e. The topological polar surface area (TPSA) is 37.1 Å². The molecular formula is C8H6N3P3. The van der Waals surface area contributed by atoms with Gasteiger partial charge in [-0.05, 0) is 17.2 Å². The van der Waals surface area contributed by atoms with Gasteiger partial charge < -0.3 is 0 Å². The van der Waals surface area contributed by atoms with Gasteiger partial charge in [0.05, 0.1) is 0 Å². The molecule has 0 N–H and O–H groups in total. The number of hydrogen-bond acceptors (Lipinski definition) is 3. The molecule has 14 heavy (non-hydrogen) atoms. The lowest BCUT2D eigenvalue weighted by molar-refractivity contribution is 1.56. The molecule has 0 aromatic heterocycles. The van der Waals surface area contributed by atoms with Crippen LogP contribution in [0.25, 0.3) is 11.4 Å². The van der Waals surface area contributed by atoms with Crippen LogP contribution in [-0.4, -0.2) is 0 Å². The van der Waals surface area contributed by atoms with E-state index in [-0.39, 0.29) is 0 Å². The fraction of sp³-hybridized carbons (Fsp3) is 0. The summed E-state index contributed by atoms with van der Waals surface area (Å²) in [4.78, 5) is 0. The van der Waals surface area contributed by atoms with Crippen LogP contribution in [0.2, 0.25) is 0 Å². The second kappa shape index (κ2) is 3.51. The molecule has 68 valence electrons. The molecule has 0 spiro atoms. The number of hydrogen-bond donors (Lipinski definition) is 0. The van der Waals surface area contributed by atoms with Crippen molar-refractivity contribution in [2.45, 2.75) is 0 Å². The van der Waals surface area contributed by atoms with Gasteiger partial charge in [-0.1, -0.05) is 24.3 Å². The minimum absolute atomic E-state index is 0.850. The molecule has 6 heteroatoms. The van der Waals surface area contributed by atoms with Crippen LogP contribution in [0.15, 0.2) is 37.8 Å². The average Bonchev–Trinajstić information content (AvgIpc) is 2.22. The van der Waals surface area contributed by atoms with Gasteiger partial charge in [0.25, 0.3) is 0 Å². The van der Waals surface area contributed by atoms with Crippen molar-refractivity contribution in [3.8, 4) is 0 Å². The summed E-state index contributed by atoms with van der Waals surface area (Å²) < 4.78 is 12.9. The van der Waals surface area contributed by atoms with Crippen LogP contribution in [0, 0.1) is 0 Å². The van der Waals surface area contributed by atoms with E-state index in [9.17, 15) is 0 Å². The molecule has 1 aromatic rings. The Hall–Kier alpha value is -0.610. The summed E-state index contributed by atoms with van der Waals surface area (Å²) in [5.74, 6) is 0. The molecule has 3 rings (SSSR count). The van der Waals surface area contributed by atoms with Crippen molar-refractivity contribution in [3.63, 3.8) is 0 Å². The third-order valence-electron chi connectivity index (χ3n) is 2.15. The summed E-state index contributed by atoms with van der Waals surface area (Å²) in [6.07, 6.45) is 2.20. The van der Waals surface area contributed by atoms with Crippen LogP contribution in [0.4, 0.5) is 0 Å². The van der Waals surface area contributed by atoms with E-state index in [2.05, 4.69) is 43.9 Å². The molecule has 1 atom stereocenters. The maximum absolute atomic E-state index is 4.42. The lowest BCUT2D eigenvalue weighted by atomic mass is 9.98. The molecule has 0 fully saturated rings. The number of rotatable bonds is 1. The summed E-state index contributed by atoms with van der Waals surface area (Å²) in [6, 6.07) is 8.40. The van der Waals surface area contributed by atoms with E-state index in [1.54, 1.807) is 0 Å². The lowest BCUT2D eigenvalue weighted by Gasteiger charge is -2.19. The van der Waals surface area contributed by atoms with Gasteiger partial charge in [0.15, 0.2) is 17.0 Å². The number of nitrogens with zero attached hydrogens (tertiary/aromatic N) is 3. The predicted octanol–water partition coefficient (Wildman–Crippen LogP) is 4.91. The van der Waals surface area contributed by atoms with E-state index in [0.717, 1.165) is 17.0 Å². The fourth-order valence-corrected chi connectivity index (χ4v) is 5.47. The van der Waals surface area contributed by atoms with E-state index in [1.165, 1.54) is 16.4 Å². The van der Waals surface area contributed by atoms with E-state index in [4.69, 9.17) is 0 Å². The van der Waals surface area contributed by atoms with Gasteiger partial charge in [-0.3, -0.25) is 0 Å². The van der Waals surface area contributed by atoms with Crippen LogP contribution < -0.4 is 0 Å². The highest BCUT2D eigenvalue weighted by Crippen LogP contribution is 2.56. The molecule has 1 aliphatic heterocycles. The Kier molecular flexibility index (Phi) is 2.18. The third-order valence-corrected chi connectivity index (χ3v) is 5.92. The second-order valence-corrected chi connectivity index (χ2v) is 6.80. The van der Waals surface area contributed by atoms with Gasteiger partial charge in [-0.15, -0.1) is 0 Å². The standard InChI is InChI=1S/C8H6N3P3/c1-2-4-7-6(3-1)5-8(7)14-10-12-9-13-11-14/h1-5,14H. The summed E-state index contributed by atoms with van der Waals surface area (Å²) in [7, 11) is 0.692. The van der Waals surface area contributed by atoms with Crippen LogP contribution in [-0.2, 0) is 0 Å². The molecule has 0 saturated carbocycles. The first kappa shape index (κ1) is 8.68. The lowest BCUT2D eigenvalue weighted by Crippen LogP contribution is -1.93. The third kappa shape index (κ3) is 1.33. The zero-order chi connectivity index (χ0) is 9.38. The van der Waals surface area contributed by atoms with E-state index >= 15 is 0 Å². The van der Waals surface area contributed by atoms with Crippen LogP contribution in [0.5, 0.6) is 0 Å². The second-order valence-electron chi connectivity index (χ2n) is 2.94. The number of fused-ring (bicyclic) bond motifs is 1. The molecule has 0 radical (unpaired) electrons. The summed E-state index contributed by atoms with van der Waals surface area (Å²) in [6.45, 7) is 0. The van der Waals surface area contributed by atoms with Gasteiger partial charge in [0.1, 0.15) is 7.86 Å². The van der Waals surface area contributed by atoms with Gasteiger partial charge in [0.2, 0.25) is 0 Å². The first-order valence-electron chi connectivity index (χ1n) is 4.15. The highest BCUT2D eigenvalue weighted by molar-refractivity contribution is 7.67. The van der Waals surface area contributed by atoms with E-state index in [1.807, 2.05) is 0 Å². The van der Waals surface area contributed by atoms with Crippen LogP contribution in [0.3, 0.4) is 0 Å². The SMILES string of the molecule is C1=C([PH]2=NP=NP=N2)c2ccccc21. The van der Waals surface area contributed by atoms with Crippen LogP contribution in [0.1, 0.15) is 11.1 Å². The molecule has 0 amide bonds. The van der Waals surface area contributed by atoms with Crippen molar-refractivity contribution in [1.29, 1.82) is 0 Å². The van der Waals surface area contributed by atoms with Crippen molar-refractivity contribution in [1.82, 2.24) is 0 Å². The van der Waals surface area contributed by atoms with Gasteiger partial charge >= 0.3 is 0 Å². The Morgan fingerprint density at radius 2 is 2.07 bits per heavy atom. The Morgan fingerprint density at radius 1 is 1.14 bits per heavy atom. The average molecular weight is 237 g/mol. The molecule has 2 aliphatic rings. The highest BCUT2D eigenvalue weighted by Gasteiger charge is 2.18. The van der Waals surface area contributed by atoms with E-state index < -0.39 is 7.86 Å². The minimum Gasteiger partial charge on any atom is -0.203 e. The number of benzene rings is 1. The Morgan fingerprint density at radius 3 is 2.86 bits per heavy atom. The summed E-state index contributed by atoms with van der Waals surface area (Å²) >= 11 is 0. The van der Waals surface area contributed by atoms with Crippen LogP contribution >= 0.6 is 24.9 Å². The first-order valence-corrected chi connectivity index (χ1v) is 7.15. The zero-order valence-electron chi connectivity index (χ0n) is 7.12. The summed E-state index contributed by atoms with van der Waals surface area (Å²) in [5, 5.41) is 1.33. The first-order chi connectivity index (χ1) is 6.95. The van der Waals surface area contributed by atoms with E-state index in [0.29, 0.717) is 0 Å².